The Labute approximate surface area is 163 Å². The predicted molar refractivity (Wildman–Crippen MR) is 106 cm³/mol. The van der Waals surface area contributed by atoms with E-state index in [0.717, 1.165) is 11.1 Å². The SMILES string of the molecule is COCOc1ccc(-c2ccccc2)cc1C(=O)c1ccc(C(=O)OC)cc1. The lowest BCUT2D eigenvalue weighted by Crippen LogP contribution is -2.08. The molecule has 0 unspecified atom stereocenters. The first-order chi connectivity index (χ1) is 13.6. The summed E-state index contributed by atoms with van der Waals surface area (Å²) in [5.41, 5.74) is 3.15. The van der Waals surface area contributed by atoms with Gasteiger partial charge in [0.1, 0.15) is 5.75 Å². The molecule has 0 saturated heterocycles. The molecule has 28 heavy (non-hydrogen) atoms. The molecule has 0 amide bonds. The summed E-state index contributed by atoms with van der Waals surface area (Å²) in [5, 5.41) is 0. The van der Waals surface area contributed by atoms with Gasteiger partial charge in [-0.25, -0.2) is 4.79 Å². The Morgan fingerprint density at radius 3 is 2.11 bits per heavy atom. The molecule has 0 saturated carbocycles. The van der Waals surface area contributed by atoms with E-state index in [0.29, 0.717) is 22.4 Å². The van der Waals surface area contributed by atoms with Gasteiger partial charge in [-0.1, -0.05) is 48.5 Å². The third-order valence-electron chi connectivity index (χ3n) is 4.23. The van der Waals surface area contributed by atoms with Crippen LogP contribution in [-0.2, 0) is 9.47 Å². The maximum absolute atomic E-state index is 13.1. The normalized spacial score (nSPS) is 10.4. The number of methoxy groups -OCH3 is 2. The molecule has 5 heteroatoms. The number of ether oxygens (including phenoxy) is 3. The molecule has 3 rings (SSSR count). The summed E-state index contributed by atoms with van der Waals surface area (Å²) in [6, 6.07) is 21.6. The Morgan fingerprint density at radius 1 is 0.786 bits per heavy atom. The summed E-state index contributed by atoms with van der Waals surface area (Å²) in [7, 11) is 2.83. The van der Waals surface area contributed by atoms with Crippen LogP contribution in [0.15, 0.2) is 72.8 Å². The summed E-state index contributed by atoms with van der Waals surface area (Å²) in [4.78, 5) is 24.7. The minimum Gasteiger partial charge on any atom is -0.467 e. The van der Waals surface area contributed by atoms with Crippen LogP contribution >= 0.6 is 0 Å². The lowest BCUT2D eigenvalue weighted by molar-refractivity contribution is 0.0503. The Morgan fingerprint density at radius 2 is 1.46 bits per heavy atom. The first-order valence-electron chi connectivity index (χ1n) is 8.68. The number of esters is 1. The third kappa shape index (κ3) is 4.27. The quantitative estimate of drug-likeness (QED) is 0.348. The van der Waals surface area contributed by atoms with E-state index in [1.54, 1.807) is 36.4 Å². The third-order valence-corrected chi connectivity index (χ3v) is 4.23. The van der Waals surface area contributed by atoms with Crippen LogP contribution in [0.4, 0.5) is 0 Å². The van der Waals surface area contributed by atoms with E-state index >= 15 is 0 Å². The largest absolute Gasteiger partial charge is 0.467 e. The number of benzene rings is 3. The molecule has 0 radical (unpaired) electrons. The molecule has 5 nitrogen and oxygen atoms in total. The smallest absolute Gasteiger partial charge is 0.337 e. The average Bonchev–Trinajstić information content (AvgIpc) is 2.77. The second-order valence-corrected chi connectivity index (χ2v) is 6.03. The van der Waals surface area contributed by atoms with Crippen molar-refractivity contribution in [1.29, 1.82) is 0 Å². The fourth-order valence-corrected chi connectivity index (χ4v) is 2.80. The monoisotopic (exact) mass is 376 g/mol. The van der Waals surface area contributed by atoms with Gasteiger partial charge in [0.15, 0.2) is 12.6 Å². The molecule has 0 aliphatic heterocycles. The lowest BCUT2D eigenvalue weighted by atomic mass is 9.97. The highest BCUT2D eigenvalue weighted by atomic mass is 16.7. The van der Waals surface area contributed by atoms with Gasteiger partial charge in [-0.2, -0.15) is 0 Å². The van der Waals surface area contributed by atoms with E-state index in [1.807, 2.05) is 36.4 Å². The molecule has 0 fully saturated rings. The zero-order valence-electron chi connectivity index (χ0n) is 15.7. The Balaban J connectivity index is 1.99. The highest BCUT2D eigenvalue weighted by Crippen LogP contribution is 2.29. The van der Waals surface area contributed by atoms with Crippen molar-refractivity contribution >= 4 is 11.8 Å². The highest BCUT2D eigenvalue weighted by Gasteiger charge is 2.17. The lowest BCUT2D eigenvalue weighted by Gasteiger charge is -2.13. The van der Waals surface area contributed by atoms with E-state index < -0.39 is 5.97 Å². The molecule has 0 aliphatic rings. The fraction of sp³-hybridized carbons (Fsp3) is 0.130. The van der Waals surface area contributed by atoms with E-state index in [9.17, 15) is 9.59 Å². The van der Waals surface area contributed by atoms with Crippen LogP contribution < -0.4 is 4.74 Å². The molecule has 3 aromatic carbocycles. The molecule has 142 valence electrons. The number of carbonyl (C=O) groups excluding carboxylic acids is 2. The van der Waals surface area contributed by atoms with Crippen molar-refractivity contribution in [1.82, 2.24) is 0 Å². The van der Waals surface area contributed by atoms with E-state index in [-0.39, 0.29) is 12.6 Å². The number of hydrogen-bond donors (Lipinski definition) is 0. The fourth-order valence-electron chi connectivity index (χ4n) is 2.80. The number of hydrogen-bond acceptors (Lipinski definition) is 5. The van der Waals surface area contributed by atoms with Gasteiger partial charge in [0.2, 0.25) is 0 Å². The maximum Gasteiger partial charge on any atom is 0.337 e. The van der Waals surface area contributed by atoms with Gasteiger partial charge in [-0.3, -0.25) is 4.79 Å². The molecule has 0 aromatic heterocycles. The molecule has 0 heterocycles. The molecule has 0 aliphatic carbocycles. The number of rotatable bonds is 7. The van der Waals surface area contributed by atoms with Crippen molar-refractivity contribution in [2.75, 3.05) is 21.0 Å². The first-order valence-corrected chi connectivity index (χ1v) is 8.68. The number of carbonyl (C=O) groups is 2. The van der Waals surface area contributed by atoms with Crippen molar-refractivity contribution in [2.45, 2.75) is 0 Å². The highest BCUT2D eigenvalue weighted by molar-refractivity contribution is 6.11. The summed E-state index contributed by atoms with van der Waals surface area (Å²) < 4.78 is 15.2. The van der Waals surface area contributed by atoms with Crippen molar-refractivity contribution in [2.24, 2.45) is 0 Å². The van der Waals surface area contributed by atoms with Crippen LogP contribution in [0.3, 0.4) is 0 Å². The maximum atomic E-state index is 13.1. The molecule has 0 bridgehead atoms. The van der Waals surface area contributed by atoms with Gasteiger partial charge in [-0.15, -0.1) is 0 Å². The van der Waals surface area contributed by atoms with Crippen molar-refractivity contribution in [3.05, 3.63) is 89.5 Å². The summed E-state index contributed by atoms with van der Waals surface area (Å²) in [5.74, 6) is -0.224. The second-order valence-electron chi connectivity index (χ2n) is 6.03. The van der Waals surface area contributed by atoms with Gasteiger partial charge < -0.3 is 14.2 Å². The standard InChI is InChI=1S/C23H20O5/c1-26-15-28-21-13-12-19(16-6-4-3-5-7-16)14-20(21)22(24)17-8-10-18(11-9-17)23(25)27-2/h3-14H,15H2,1-2H3. The molecular weight excluding hydrogens is 356 g/mol. The Kier molecular flexibility index (Phi) is 6.19. The van der Waals surface area contributed by atoms with E-state index in [2.05, 4.69) is 0 Å². The van der Waals surface area contributed by atoms with E-state index in [4.69, 9.17) is 14.2 Å². The molecule has 0 N–H and O–H groups in total. The van der Waals surface area contributed by atoms with Crippen LogP contribution in [0.2, 0.25) is 0 Å². The van der Waals surface area contributed by atoms with Crippen LogP contribution in [0.25, 0.3) is 11.1 Å². The number of ketones is 1. The van der Waals surface area contributed by atoms with Gasteiger partial charge >= 0.3 is 5.97 Å². The molecule has 3 aromatic rings. The van der Waals surface area contributed by atoms with Crippen molar-refractivity contribution < 1.29 is 23.8 Å². The van der Waals surface area contributed by atoms with Crippen LogP contribution in [-0.4, -0.2) is 32.8 Å². The van der Waals surface area contributed by atoms with Crippen LogP contribution in [0.5, 0.6) is 5.75 Å². The van der Waals surface area contributed by atoms with E-state index in [1.165, 1.54) is 14.2 Å². The zero-order valence-corrected chi connectivity index (χ0v) is 15.7. The zero-order chi connectivity index (χ0) is 19.9. The summed E-state index contributed by atoms with van der Waals surface area (Å²) in [6.45, 7) is 0.0340. The molecule has 0 spiro atoms. The van der Waals surface area contributed by atoms with Crippen LogP contribution in [0.1, 0.15) is 26.3 Å². The van der Waals surface area contributed by atoms with Crippen molar-refractivity contribution in [3.63, 3.8) is 0 Å². The Bertz CT molecular complexity index is 962. The van der Waals surface area contributed by atoms with Gasteiger partial charge in [0.25, 0.3) is 0 Å². The first kappa shape index (κ1) is 19.3. The predicted octanol–water partition coefficient (Wildman–Crippen LogP) is 4.35. The van der Waals surface area contributed by atoms with Crippen LogP contribution in [0, 0.1) is 0 Å². The minimum absolute atomic E-state index is 0.0340. The molecule has 0 atom stereocenters. The average molecular weight is 376 g/mol. The van der Waals surface area contributed by atoms with Gasteiger partial charge in [0.05, 0.1) is 18.2 Å². The minimum atomic E-state index is -0.450. The summed E-state index contributed by atoms with van der Waals surface area (Å²) in [6.07, 6.45) is 0. The second kappa shape index (κ2) is 8.97. The molecular formula is C23H20O5. The Hall–Kier alpha value is -3.44. The van der Waals surface area contributed by atoms with Crippen molar-refractivity contribution in [3.8, 4) is 16.9 Å². The topological polar surface area (TPSA) is 61.8 Å². The van der Waals surface area contributed by atoms with Gasteiger partial charge in [-0.05, 0) is 35.4 Å². The van der Waals surface area contributed by atoms with Gasteiger partial charge in [0, 0.05) is 12.7 Å². The summed E-state index contributed by atoms with van der Waals surface area (Å²) >= 11 is 0.